The van der Waals surface area contributed by atoms with Gasteiger partial charge in [-0.05, 0) is 37.2 Å². The summed E-state index contributed by atoms with van der Waals surface area (Å²) >= 11 is 0. The first-order valence-corrected chi connectivity index (χ1v) is 7.46. The number of aliphatic hydroxyl groups is 2. The molecule has 1 aliphatic heterocycles. The van der Waals surface area contributed by atoms with Gasteiger partial charge >= 0.3 is 0 Å². The van der Waals surface area contributed by atoms with Crippen molar-refractivity contribution >= 4 is 11.4 Å². The van der Waals surface area contributed by atoms with Gasteiger partial charge in [-0.3, -0.25) is 0 Å². The van der Waals surface area contributed by atoms with Crippen LogP contribution in [0.1, 0.15) is 6.42 Å². The van der Waals surface area contributed by atoms with Crippen molar-refractivity contribution in [1.82, 2.24) is 5.32 Å². The molecule has 2 aromatic rings. The standard InChI is InChI=1S/C17H20N2O3/c20-17(21)12-18-10-5-11-19-13-6-1-3-8-15(13)22-16-9-4-2-7-14(16)19/h1-4,6-9,17-18,20-21H,5,10-12H2. The summed E-state index contributed by atoms with van der Waals surface area (Å²) in [6.45, 7) is 1.74. The van der Waals surface area contributed by atoms with Crippen LogP contribution in [-0.4, -0.2) is 36.1 Å². The molecule has 22 heavy (non-hydrogen) atoms. The van der Waals surface area contributed by atoms with E-state index in [1.807, 2.05) is 36.4 Å². The number of nitrogens with zero attached hydrogens (tertiary/aromatic N) is 1. The van der Waals surface area contributed by atoms with Crippen molar-refractivity contribution in [3.8, 4) is 11.5 Å². The fourth-order valence-corrected chi connectivity index (χ4v) is 2.62. The average Bonchev–Trinajstić information content (AvgIpc) is 2.53. The molecular formula is C17H20N2O3. The van der Waals surface area contributed by atoms with Gasteiger partial charge < -0.3 is 25.2 Å². The molecule has 2 aromatic carbocycles. The summed E-state index contributed by atoms with van der Waals surface area (Å²) in [5, 5.41) is 20.7. The Morgan fingerprint density at radius 2 is 1.55 bits per heavy atom. The Balaban J connectivity index is 1.72. The van der Waals surface area contributed by atoms with Crippen molar-refractivity contribution in [1.29, 1.82) is 0 Å². The molecule has 3 N–H and O–H groups in total. The lowest BCUT2D eigenvalue weighted by Crippen LogP contribution is -2.30. The first kappa shape index (κ1) is 14.8. The second kappa shape index (κ2) is 6.79. The topological polar surface area (TPSA) is 65.0 Å². The van der Waals surface area contributed by atoms with E-state index in [0.717, 1.165) is 42.4 Å². The molecule has 0 amide bonds. The summed E-state index contributed by atoms with van der Waals surface area (Å²) in [5.41, 5.74) is 2.12. The molecule has 0 aliphatic carbocycles. The minimum Gasteiger partial charge on any atom is -0.453 e. The van der Waals surface area contributed by atoms with Crippen molar-refractivity contribution in [2.24, 2.45) is 0 Å². The monoisotopic (exact) mass is 300 g/mol. The quantitative estimate of drug-likeness (QED) is 0.564. The number of ether oxygens (including phenoxy) is 1. The summed E-state index contributed by atoms with van der Waals surface area (Å²) in [6, 6.07) is 16.0. The highest BCUT2D eigenvalue weighted by Crippen LogP contribution is 2.46. The number of hydrogen-bond acceptors (Lipinski definition) is 5. The predicted octanol–water partition coefficient (Wildman–Crippen LogP) is 2.22. The van der Waals surface area contributed by atoms with Gasteiger partial charge in [-0.1, -0.05) is 24.3 Å². The Morgan fingerprint density at radius 3 is 2.14 bits per heavy atom. The lowest BCUT2D eigenvalue weighted by atomic mass is 10.1. The van der Waals surface area contributed by atoms with E-state index in [-0.39, 0.29) is 6.54 Å². The molecule has 0 bridgehead atoms. The van der Waals surface area contributed by atoms with Crippen molar-refractivity contribution < 1.29 is 14.9 Å². The van der Waals surface area contributed by atoms with Crippen molar-refractivity contribution in [3.63, 3.8) is 0 Å². The molecule has 1 aliphatic rings. The average molecular weight is 300 g/mol. The maximum Gasteiger partial charge on any atom is 0.164 e. The Kier molecular flexibility index (Phi) is 4.58. The van der Waals surface area contributed by atoms with E-state index in [0.29, 0.717) is 0 Å². The smallest absolute Gasteiger partial charge is 0.164 e. The summed E-state index contributed by atoms with van der Waals surface area (Å²) in [7, 11) is 0. The second-order valence-corrected chi connectivity index (χ2v) is 5.23. The zero-order chi connectivity index (χ0) is 15.4. The van der Waals surface area contributed by atoms with Gasteiger partial charge in [0.15, 0.2) is 17.8 Å². The molecule has 0 saturated heterocycles. The molecule has 0 spiro atoms. The minimum absolute atomic E-state index is 0.191. The SMILES string of the molecule is OC(O)CNCCCN1c2ccccc2Oc2ccccc21. The third-order valence-electron chi connectivity index (χ3n) is 3.59. The highest BCUT2D eigenvalue weighted by Gasteiger charge is 2.22. The van der Waals surface area contributed by atoms with Gasteiger partial charge in [0.05, 0.1) is 11.4 Å². The molecule has 0 atom stereocenters. The molecule has 0 saturated carbocycles. The molecule has 0 unspecified atom stereocenters. The van der Waals surface area contributed by atoms with Crippen molar-refractivity contribution in [2.75, 3.05) is 24.5 Å². The Morgan fingerprint density at radius 1 is 0.955 bits per heavy atom. The van der Waals surface area contributed by atoms with E-state index in [4.69, 9.17) is 14.9 Å². The van der Waals surface area contributed by atoms with Crippen LogP contribution in [-0.2, 0) is 0 Å². The predicted molar refractivity (Wildman–Crippen MR) is 85.7 cm³/mol. The van der Waals surface area contributed by atoms with Gasteiger partial charge in [0.1, 0.15) is 0 Å². The van der Waals surface area contributed by atoms with Crippen LogP contribution in [0.5, 0.6) is 11.5 Å². The van der Waals surface area contributed by atoms with E-state index < -0.39 is 6.29 Å². The molecular weight excluding hydrogens is 280 g/mol. The van der Waals surface area contributed by atoms with Gasteiger partial charge in [-0.25, -0.2) is 0 Å². The highest BCUT2D eigenvalue weighted by molar-refractivity contribution is 5.77. The van der Waals surface area contributed by atoms with Crippen LogP contribution in [0.15, 0.2) is 48.5 Å². The van der Waals surface area contributed by atoms with Gasteiger partial charge in [0, 0.05) is 13.1 Å². The summed E-state index contributed by atoms with van der Waals surface area (Å²) < 4.78 is 5.94. The van der Waals surface area contributed by atoms with Crippen molar-refractivity contribution in [2.45, 2.75) is 12.7 Å². The summed E-state index contributed by atoms with van der Waals surface area (Å²) in [6.07, 6.45) is -0.417. The van der Waals surface area contributed by atoms with E-state index in [1.165, 1.54) is 0 Å². The maximum absolute atomic E-state index is 8.83. The Labute approximate surface area is 129 Å². The molecule has 0 aromatic heterocycles. The molecule has 0 radical (unpaired) electrons. The molecule has 5 heteroatoms. The summed E-state index contributed by atoms with van der Waals surface area (Å²) in [5.74, 6) is 1.72. The molecule has 0 fully saturated rings. The number of anilines is 2. The van der Waals surface area contributed by atoms with E-state index in [2.05, 4.69) is 22.3 Å². The van der Waals surface area contributed by atoms with E-state index in [9.17, 15) is 0 Å². The fourth-order valence-electron chi connectivity index (χ4n) is 2.62. The molecule has 116 valence electrons. The number of para-hydroxylation sites is 4. The number of nitrogens with one attached hydrogen (secondary N) is 1. The van der Waals surface area contributed by atoms with Gasteiger partial charge in [0.25, 0.3) is 0 Å². The first-order valence-electron chi connectivity index (χ1n) is 7.46. The number of benzene rings is 2. The maximum atomic E-state index is 8.83. The van der Waals surface area contributed by atoms with Crippen LogP contribution in [0.4, 0.5) is 11.4 Å². The normalized spacial score (nSPS) is 12.8. The largest absolute Gasteiger partial charge is 0.453 e. The number of fused-ring (bicyclic) bond motifs is 2. The van der Waals surface area contributed by atoms with E-state index in [1.54, 1.807) is 0 Å². The first-order chi connectivity index (χ1) is 10.8. The number of aliphatic hydroxyl groups excluding tert-OH is 1. The van der Waals surface area contributed by atoms with Crippen molar-refractivity contribution in [3.05, 3.63) is 48.5 Å². The minimum atomic E-state index is -1.30. The highest BCUT2D eigenvalue weighted by atomic mass is 16.5. The lowest BCUT2D eigenvalue weighted by molar-refractivity contribution is -0.0370. The third kappa shape index (κ3) is 3.22. The third-order valence-corrected chi connectivity index (χ3v) is 3.59. The van der Waals surface area contributed by atoms with Gasteiger partial charge in [0.2, 0.25) is 0 Å². The van der Waals surface area contributed by atoms with Crippen LogP contribution in [0.25, 0.3) is 0 Å². The Bertz CT molecular complexity index is 585. The van der Waals surface area contributed by atoms with Crippen LogP contribution in [0, 0.1) is 0 Å². The molecule has 5 nitrogen and oxygen atoms in total. The molecule has 3 rings (SSSR count). The van der Waals surface area contributed by atoms with Crippen LogP contribution in [0.2, 0.25) is 0 Å². The summed E-state index contributed by atoms with van der Waals surface area (Å²) in [4.78, 5) is 2.24. The lowest BCUT2D eigenvalue weighted by Gasteiger charge is -2.32. The molecule has 1 heterocycles. The van der Waals surface area contributed by atoms with E-state index >= 15 is 0 Å². The van der Waals surface area contributed by atoms with Gasteiger partial charge in [-0.2, -0.15) is 0 Å². The Hall–Kier alpha value is -2.08. The zero-order valence-corrected chi connectivity index (χ0v) is 12.3. The van der Waals surface area contributed by atoms with Crippen LogP contribution < -0.4 is 15.0 Å². The second-order valence-electron chi connectivity index (χ2n) is 5.23. The van der Waals surface area contributed by atoms with Crippen LogP contribution >= 0.6 is 0 Å². The van der Waals surface area contributed by atoms with Gasteiger partial charge in [-0.15, -0.1) is 0 Å². The number of hydrogen-bond donors (Lipinski definition) is 3. The zero-order valence-electron chi connectivity index (χ0n) is 12.3. The van der Waals surface area contributed by atoms with Crippen LogP contribution in [0.3, 0.4) is 0 Å². The number of rotatable bonds is 6. The fraction of sp³-hybridized carbons (Fsp3) is 0.294.